The van der Waals surface area contributed by atoms with Gasteiger partial charge in [-0.1, -0.05) is 36.0 Å². The van der Waals surface area contributed by atoms with Gasteiger partial charge in [0, 0.05) is 17.9 Å². The molecule has 10 heteroatoms. The molecule has 2 rings (SSSR count). The van der Waals surface area contributed by atoms with Crippen LogP contribution in [-0.2, 0) is 19.2 Å². The molecule has 1 aliphatic rings. The van der Waals surface area contributed by atoms with E-state index in [0.717, 1.165) is 12.8 Å². The predicted octanol–water partition coefficient (Wildman–Crippen LogP) is 2.75. The van der Waals surface area contributed by atoms with Crippen molar-refractivity contribution in [1.82, 2.24) is 10.9 Å². The Balaban J connectivity index is 1.75. The number of carboxylic acid groups (broad SMARTS) is 1. The van der Waals surface area contributed by atoms with Gasteiger partial charge in [0.1, 0.15) is 0 Å². The number of amides is 3. The van der Waals surface area contributed by atoms with Gasteiger partial charge in [0.2, 0.25) is 17.7 Å². The number of carbonyl (C=O) groups is 4. The number of hydrogen-bond acceptors (Lipinski definition) is 4. The maximum Gasteiger partial charge on any atom is 0.307 e. The summed E-state index contributed by atoms with van der Waals surface area (Å²) in [4.78, 5) is 47.2. The first-order chi connectivity index (χ1) is 13.3. The Bertz CT molecular complexity index is 772. The molecule has 0 radical (unpaired) electrons. The molecule has 0 heterocycles. The van der Waals surface area contributed by atoms with Crippen LogP contribution in [0.2, 0.25) is 10.0 Å². The van der Waals surface area contributed by atoms with Gasteiger partial charge in [-0.2, -0.15) is 0 Å². The largest absolute Gasteiger partial charge is 0.481 e. The molecule has 152 valence electrons. The van der Waals surface area contributed by atoms with E-state index in [1.807, 2.05) is 0 Å². The third-order valence-electron chi connectivity index (χ3n) is 4.53. The van der Waals surface area contributed by atoms with E-state index >= 15 is 0 Å². The lowest BCUT2D eigenvalue weighted by atomic mass is 9.79. The molecule has 1 aromatic carbocycles. The summed E-state index contributed by atoms with van der Waals surface area (Å²) < 4.78 is 0. The number of aliphatic carboxylic acids is 1. The van der Waals surface area contributed by atoms with Crippen LogP contribution >= 0.6 is 23.2 Å². The second-order valence-corrected chi connectivity index (χ2v) is 7.39. The van der Waals surface area contributed by atoms with Gasteiger partial charge < -0.3 is 10.4 Å². The number of hydrogen-bond donors (Lipinski definition) is 4. The molecule has 0 aliphatic heterocycles. The van der Waals surface area contributed by atoms with Gasteiger partial charge >= 0.3 is 5.97 Å². The summed E-state index contributed by atoms with van der Waals surface area (Å²) >= 11 is 11.7. The molecule has 28 heavy (non-hydrogen) atoms. The highest BCUT2D eigenvalue weighted by atomic mass is 35.5. The van der Waals surface area contributed by atoms with Crippen LogP contribution in [0, 0.1) is 11.8 Å². The number of nitrogens with one attached hydrogen (secondary N) is 3. The Kier molecular flexibility index (Phi) is 8.07. The number of hydrazine groups is 1. The fourth-order valence-corrected chi connectivity index (χ4v) is 3.51. The molecule has 0 saturated heterocycles. The number of anilines is 1. The number of carboxylic acids is 1. The van der Waals surface area contributed by atoms with E-state index in [0.29, 0.717) is 23.6 Å². The SMILES string of the molecule is O=C(CCC(=O)Nc1ccc(Cl)cc1Cl)NNC(=O)[C@@H]1CCCC[C@@H]1C(=O)O. The van der Waals surface area contributed by atoms with Crippen LogP contribution in [0.15, 0.2) is 18.2 Å². The minimum atomic E-state index is -1.01. The molecule has 4 N–H and O–H groups in total. The van der Waals surface area contributed by atoms with E-state index in [4.69, 9.17) is 23.2 Å². The van der Waals surface area contributed by atoms with Gasteiger partial charge in [0.25, 0.3) is 0 Å². The molecular formula is C18H21Cl2N3O5. The van der Waals surface area contributed by atoms with Crippen LogP contribution in [0.3, 0.4) is 0 Å². The normalized spacial score (nSPS) is 18.8. The van der Waals surface area contributed by atoms with Crippen molar-refractivity contribution >= 4 is 52.6 Å². The molecule has 2 atom stereocenters. The fourth-order valence-electron chi connectivity index (χ4n) is 3.06. The monoisotopic (exact) mass is 429 g/mol. The van der Waals surface area contributed by atoms with Crippen LogP contribution in [0.25, 0.3) is 0 Å². The number of rotatable bonds is 6. The Morgan fingerprint density at radius 1 is 0.964 bits per heavy atom. The van der Waals surface area contributed by atoms with E-state index in [1.165, 1.54) is 6.07 Å². The van der Waals surface area contributed by atoms with Gasteiger partial charge in [0.05, 0.1) is 22.5 Å². The Morgan fingerprint density at radius 2 is 1.61 bits per heavy atom. The predicted molar refractivity (Wildman–Crippen MR) is 104 cm³/mol. The van der Waals surface area contributed by atoms with E-state index in [2.05, 4.69) is 16.2 Å². The molecule has 1 aromatic rings. The van der Waals surface area contributed by atoms with Crippen molar-refractivity contribution in [2.75, 3.05) is 5.32 Å². The minimum Gasteiger partial charge on any atom is -0.481 e. The van der Waals surface area contributed by atoms with E-state index in [9.17, 15) is 24.3 Å². The maximum absolute atomic E-state index is 12.2. The molecule has 3 amide bonds. The van der Waals surface area contributed by atoms with Crippen LogP contribution < -0.4 is 16.2 Å². The molecule has 1 saturated carbocycles. The lowest BCUT2D eigenvalue weighted by Gasteiger charge is -2.27. The highest BCUT2D eigenvalue weighted by molar-refractivity contribution is 6.36. The lowest BCUT2D eigenvalue weighted by molar-refractivity contribution is -0.149. The fraction of sp³-hybridized carbons (Fsp3) is 0.444. The van der Waals surface area contributed by atoms with Gasteiger partial charge in [0.15, 0.2) is 0 Å². The molecular weight excluding hydrogens is 409 g/mol. The van der Waals surface area contributed by atoms with Crippen LogP contribution in [0.1, 0.15) is 38.5 Å². The molecule has 0 bridgehead atoms. The standard InChI is InChI=1S/C18H21Cl2N3O5/c19-10-5-6-14(13(20)9-10)21-15(24)7-8-16(25)22-23-17(26)11-3-1-2-4-12(11)18(27)28/h5-6,9,11-12H,1-4,7-8H2,(H,21,24)(H,22,25)(H,23,26)(H,27,28)/t11-,12+/m1/s1. The summed E-state index contributed by atoms with van der Waals surface area (Å²) in [6, 6.07) is 4.60. The second-order valence-electron chi connectivity index (χ2n) is 6.55. The Hall–Kier alpha value is -2.32. The van der Waals surface area contributed by atoms with E-state index in [1.54, 1.807) is 12.1 Å². The number of carbonyl (C=O) groups excluding carboxylic acids is 3. The van der Waals surface area contributed by atoms with Crippen molar-refractivity contribution in [3.05, 3.63) is 28.2 Å². The van der Waals surface area contributed by atoms with Gasteiger partial charge in [-0.05, 0) is 31.0 Å². The smallest absolute Gasteiger partial charge is 0.307 e. The first-order valence-electron chi connectivity index (χ1n) is 8.84. The second kappa shape index (κ2) is 10.3. The average molecular weight is 430 g/mol. The van der Waals surface area contributed by atoms with Crippen LogP contribution in [0.5, 0.6) is 0 Å². The first-order valence-corrected chi connectivity index (χ1v) is 9.60. The quantitative estimate of drug-likeness (QED) is 0.517. The molecule has 1 fully saturated rings. The molecule has 0 aromatic heterocycles. The van der Waals surface area contributed by atoms with Crippen LogP contribution in [0.4, 0.5) is 5.69 Å². The van der Waals surface area contributed by atoms with Crippen molar-refractivity contribution in [3.8, 4) is 0 Å². The summed E-state index contributed by atoms with van der Waals surface area (Å²) in [6.45, 7) is 0. The summed E-state index contributed by atoms with van der Waals surface area (Å²) in [5.41, 5.74) is 4.86. The van der Waals surface area contributed by atoms with Crippen molar-refractivity contribution < 1.29 is 24.3 Å². The van der Waals surface area contributed by atoms with Crippen molar-refractivity contribution in [2.45, 2.75) is 38.5 Å². The van der Waals surface area contributed by atoms with Gasteiger partial charge in [-0.25, -0.2) is 0 Å². The zero-order valence-electron chi connectivity index (χ0n) is 15.0. The summed E-state index contributed by atoms with van der Waals surface area (Å²) in [5.74, 6) is -3.96. The highest BCUT2D eigenvalue weighted by Crippen LogP contribution is 2.30. The number of benzene rings is 1. The number of halogens is 2. The summed E-state index contributed by atoms with van der Waals surface area (Å²) in [5, 5.41) is 12.5. The zero-order chi connectivity index (χ0) is 20.7. The average Bonchev–Trinajstić information content (AvgIpc) is 2.66. The molecule has 1 aliphatic carbocycles. The van der Waals surface area contributed by atoms with Gasteiger partial charge in [-0.15, -0.1) is 0 Å². The third kappa shape index (κ3) is 6.38. The minimum absolute atomic E-state index is 0.123. The molecule has 8 nitrogen and oxygen atoms in total. The van der Waals surface area contributed by atoms with Crippen molar-refractivity contribution in [1.29, 1.82) is 0 Å². The van der Waals surface area contributed by atoms with E-state index < -0.39 is 35.5 Å². The van der Waals surface area contributed by atoms with Crippen molar-refractivity contribution in [3.63, 3.8) is 0 Å². The Morgan fingerprint density at radius 3 is 2.25 bits per heavy atom. The van der Waals surface area contributed by atoms with Crippen molar-refractivity contribution in [2.24, 2.45) is 11.8 Å². The molecule has 0 unspecified atom stereocenters. The first kappa shape index (κ1) is 22.0. The molecule has 0 spiro atoms. The summed E-state index contributed by atoms with van der Waals surface area (Å²) in [6.07, 6.45) is 2.15. The van der Waals surface area contributed by atoms with Crippen LogP contribution in [-0.4, -0.2) is 28.8 Å². The van der Waals surface area contributed by atoms with Gasteiger partial charge in [-0.3, -0.25) is 30.0 Å². The Labute approximate surface area is 171 Å². The lowest BCUT2D eigenvalue weighted by Crippen LogP contribution is -2.48. The third-order valence-corrected chi connectivity index (χ3v) is 5.08. The van der Waals surface area contributed by atoms with E-state index in [-0.39, 0.29) is 17.9 Å². The topological polar surface area (TPSA) is 125 Å². The maximum atomic E-state index is 12.2. The highest BCUT2D eigenvalue weighted by Gasteiger charge is 2.35. The zero-order valence-corrected chi connectivity index (χ0v) is 16.5. The summed E-state index contributed by atoms with van der Waals surface area (Å²) in [7, 11) is 0.